The van der Waals surface area contributed by atoms with Crippen molar-refractivity contribution in [1.82, 2.24) is 10.3 Å². The standard InChI is InChI=1S/C79H63N3/c1-7-38-80-43-46(3)59-29-19-50-25-35-66-61(31-21-52-23-33-64(59)71(50)73(52)66)57-40-56(41-58(42-57)62-32-22-53-24-34-65-60(55-14-13-47(4)81-44-55)30-20-51-26-36-67(62)74(53)72(51)65)48-15-17-54(18-16-48)75-76-63-11-9-8-10-49(63)27-37-70(76)82-78-68-28-12-45(2)39-69(68)79(5,6)77(75)78/h7-22,24-38,40-45,47,52,72,74,81H,1,23,39H2,2-6H3/b46-43+,80-38?. The van der Waals surface area contributed by atoms with Crippen molar-refractivity contribution < 1.29 is 0 Å². The van der Waals surface area contributed by atoms with Gasteiger partial charge in [0.1, 0.15) is 0 Å². The summed E-state index contributed by atoms with van der Waals surface area (Å²) in [5, 5.41) is 12.6. The van der Waals surface area contributed by atoms with Gasteiger partial charge in [-0.25, -0.2) is 4.98 Å². The number of hydrogen-bond acceptors (Lipinski definition) is 3. The lowest BCUT2D eigenvalue weighted by Crippen LogP contribution is -2.31. The molecule has 8 aliphatic carbocycles. The van der Waals surface area contributed by atoms with Crippen LogP contribution >= 0.6 is 0 Å². The van der Waals surface area contributed by atoms with Crippen molar-refractivity contribution in [3.05, 3.63) is 296 Å². The van der Waals surface area contributed by atoms with E-state index in [1.807, 2.05) is 6.20 Å². The first-order valence-corrected chi connectivity index (χ1v) is 29.5. The van der Waals surface area contributed by atoms with Crippen LogP contribution in [0.25, 0.3) is 83.1 Å². The fourth-order valence-corrected chi connectivity index (χ4v) is 15.5. The van der Waals surface area contributed by atoms with E-state index in [-0.39, 0.29) is 17.3 Å². The van der Waals surface area contributed by atoms with Gasteiger partial charge >= 0.3 is 0 Å². The molecule has 1 aromatic heterocycles. The largest absolute Gasteiger partial charge is 0.384 e. The fraction of sp³-hybridized carbons (Fsp3) is 0.165. The zero-order chi connectivity index (χ0) is 55.1. The van der Waals surface area contributed by atoms with Crippen LogP contribution in [0.5, 0.6) is 0 Å². The number of hydrogen-bond donors (Lipinski definition) is 1. The zero-order valence-electron chi connectivity index (χ0n) is 47.2. The second-order valence-corrected chi connectivity index (χ2v) is 24.6. The number of rotatable bonds is 8. The number of aromatic nitrogens is 1. The number of aliphatic imine (C=N–C) groups is 1. The Morgan fingerprint density at radius 2 is 1.46 bits per heavy atom. The number of nitrogens with zero attached hydrogens (tertiary/aromatic N) is 2. The Labute approximate surface area is 480 Å². The van der Waals surface area contributed by atoms with Gasteiger partial charge in [0.25, 0.3) is 0 Å². The molecule has 5 atom stereocenters. The average molecular weight is 1050 g/mol. The molecule has 9 aliphatic rings. The lowest BCUT2D eigenvalue weighted by atomic mass is 9.61. The van der Waals surface area contributed by atoms with Crippen molar-refractivity contribution in [2.45, 2.75) is 64.8 Å². The van der Waals surface area contributed by atoms with Gasteiger partial charge in [0.2, 0.25) is 0 Å². The summed E-state index contributed by atoms with van der Waals surface area (Å²) in [6, 6.07) is 40.0. The van der Waals surface area contributed by atoms with E-state index in [0.29, 0.717) is 17.9 Å². The summed E-state index contributed by atoms with van der Waals surface area (Å²) in [7, 11) is 0. The summed E-state index contributed by atoms with van der Waals surface area (Å²) >= 11 is 0. The van der Waals surface area contributed by atoms with Gasteiger partial charge in [-0.05, 0) is 189 Å². The third-order valence-electron chi connectivity index (χ3n) is 19.4. The summed E-state index contributed by atoms with van der Waals surface area (Å²) in [6.45, 7) is 15.4. The number of benzene rings is 6. The molecule has 6 aromatic carbocycles. The van der Waals surface area contributed by atoms with E-state index in [0.717, 1.165) is 29.6 Å². The Morgan fingerprint density at radius 3 is 2.32 bits per heavy atom. The molecule has 16 rings (SSSR count). The predicted octanol–water partition coefficient (Wildman–Crippen LogP) is 17.5. The van der Waals surface area contributed by atoms with Crippen LogP contribution in [0.1, 0.15) is 86.9 Å². The Bertz CT molecular complexity index is 4720. The second-order valence-electron chi connectivity index (χ2n) is 24.6. The van der Waals surface area contributed by atoms with Crippen molar-refractivity contribution in [2.75, 3.05) is 0 Å². The monoisotopic (exact) mass is 1050 g/mol. The van der Waals surface area contributed by atoms with Gasteiger partial charge in [0, 0.05) is 58.8 Å². The molecule has 2 heterocycles. The van der Waals surface area contributed by atoms with Gasteiger partial charge in [-0.1, -0.05) is 209 Å². The summed E-state index contributed by atoms with van der Waals surface area (Å²) < 4.78 is 0. The molecule has 7 aromatic rings. The van der Waals surface area contributed by atoms with Crippen LogP contribution in [0.4, 0.5) is 0 Å². The molecule has 3 heteroatoms. The van der Waals surface area contributed by atoms with Crippen LogP contribution in [0.3, 0.4) is 0 Å². The number of pyridine rings is 1. The Balaban J connectivity index is 0.891. The van der Waals surface area contributed by atoms with Gasteiger partial charge in [0.05, 0.1) is 11.2 Å². The molecule has 0 radical (unpaired) electrons. The van der Waals surface area contributed by atoms with Gasteiger partial charge < -0.3 is 5.32 Å². The summed E-state index contributed by atoms with van der Waals surface area (Å²) in [5.74, 6) is 1.23. The minimum absolute atomic E-state index is 0.188. The lowest BCUT2D eigenvalue weighted by molar-refractivity contribution is 0.561. The van der Waals surface area contributed by atoms with Crippen LogP contribution < -0.4 is 15.8 Å². The van der Waals surface area contributed by atoms with Crippen molar-refractivity contribution in [1.29, 1.82) is 0 Å². The van der Waals surface area contributed by atoms with Crippen molar-refractivity contribution in [3.63, 3.8) is 0 Å². The minimum Gasteiger partial charge on any atom is -0.384 e. The fourth-order valence-electron chi connectivity index (χ4n) is 15.5. The van der Waals surface area contributed by atoms with Crippen molar-refractivity contribution in [2.24, 2.45) is 22.7 Å². The van der Waals surface area contributed by atoms with E-state index < -0.39 is 0 Å². The maximum atomic E-state index is 5.57. The molecule has 0 amide bonds. The quantitative estimate of drug-likeness (QED) is 0.122. The van der Waals surface area contributed by atoms with Gasteiger partial charge in [-0.2, -0.15) is 0 Å². The minimum atomic E-state index is -0.188. The molecule has 1 N–H and O–H groups in total. The van der Waals surface area contributed by atoms with E-state index >= 15 is 0 Å². The first-order chi connectivity index (χ1) is 40.1. The first-order valence-electron chi connectivity index (χ1n) is 29.5. The highest BCUT2D eigenvalue weighted by atomic mass is 14.9. The number of nitrogens with one attached hydrogen (secondary N) is 1. The third kappa shape index (κ3) is 7.34. The Morgan fingerprint density at radius 1 is 0.695 bits per heavy atom. The van der Waals surface area contributed by atoms with E-state index in [9.17, 15) is 0 Å². The third-order valence-corrected chi connectivity index (χ3v) is 19.4. The highest BCUT2D eigenvalue weighted by Crippen LogP contribution is 2.57. The smallest absolute Gasteiger partial charge is 0.0756 e. The highest BCUT2D eigenvalue weighted by Gasteiger charge is 2.43. The predicted molar refractivity (Wildman–Crippen MR) is 346 cm³/mol. The van der Waals surface area contributed by atoms with Gasteiger partial charge in [-0.3, -0.25) is 4.99 Å². The molecule has 0 saturated carbocycles. The maximum absolute atomic E-state index is 5.57. The number of fused-ring (bicyclic) bond motifs is 5. The van der Waals surface area contributed by atoms with Crippen LogP contribution in [0.2, 0.25) is 0 Å². The first kappa shape index (κ1) is 48.7. The average Bonchev–Trinajstić information content (AvgIpc) is 2.13. The van der Waals surface area contributed by atoms with Crippen LogP contribution in [-0.4, -0.2) is 17.2 Å². The van der Waals surface area contributed by atoms with E-state index in [2.05, 4.69) is 252 Å². The zero-order valence-corrected chi connectivity index (χ0v) is 47.2. The van der Waals surface area contributed by atoms with Crippen LogP contribution in [0.15, 0.2) is 257 Å². The van der Waals surface area contributed by atoms with Gasteiger partial charge in [-0.15, -0.1) is 0 Å². The highest BCUT2D eigenvalue weighted by molar-refractivity contribution is 6.16. The SMILES string of the molecule is C=CC=N/C=C(\C)c1ccc2ccc3c4c2c1=CCC4C=CC=3c1cc(C2=C3C=CC4=CC=C(C5=CNC(C)C=C5)C5=CC=C(C=C2)C3C45)cc(-c2ccc(-c3c4c(nc5ccc6ccccc6c35)C3=C(CC(C)C=C3)C4(C)C)cc2)c1. The Kier molecular flexibility index (Phi) is 10.9. The van der Waals surface area contributed by atoms with Gasteiger partial charge in [0.15, 0.2) is 0 Å². The van der Waals surface area contributed by atoms with Crippen molar-refractivity contribution >= 4 is 67.0 Å². The molecular weight excluding hydrogens is 991 g/mol. The number of allylic oxidation sites excluding steroid dienone is 24. The second kappa shape index (κ2) is 18.4. The summed E-state index contributed by atoms with van der Waals surface area (Å²) in [4.78, 5) is 10.1. The Hall–Kier alpha value is -9.18. The molecule has 0 bridgehead atoms. The van der Waals surface area contributed by atoms with E-state index in [1.165, 1.54) is 143 Å². The molecule has 0 fully saturated rings. The maximum Gasteiger partial charge on any atom is 0.0756 e. The molecule has 394 valence electrons. The lowest BCUT2D eigenvalue weighted by Gasteiger charge is -2.42. The molecule has 3 nitrogen and oxygen atoms in total. The van der Waals surface area contributed by atoms with E-state index in [1.54, 1.807) is 12.3 Å². The summed E-state index contributed by atoms with van der Waals surface area (Å²) in [6.07, 6.45) is 45.4. The normalized spacial score (nSPS) is 23.1. The van der Waals surface area contributed by atoms with Crippen LogP contribution in [0, 0.1) is 17.8 Å². The summed E-state index contributed by atoms with van der Waals surface area (Å²) in [5.41, 5.74) is 28.0. The van der Waals surface area contributed by atoms with Crippen molar-refractivity contribution in [3.8, 4) is 22.3 Å². The molecule has 0 saturated heterocycles. The van der Waals surface area contributed by atoms with Crippen LogP contribution in [-0.2, 0) is 5.41 Å². The molecule has 82 heavy (non-hydrogen) atoms. The molecular formula is C79H63N3. The molecule has 5 unspecified atom stereocenters. The molecule has 0 spiro atoms. The topological polar surface area (TPSA) is 37.3 Å². The van der Waals surface area contributed by atoms with E-state index in [4.69, 9.17) is 4.98 Å². The molecule has 1 aliphatic heterocycles. The number of dihydropyridines is 1.